The van der Waals surface area contributed by atoms with E-state index in [1.807, 2.05) is 0 Å². The van der Waals surface area contributed by atoms with Gasteiger partial charge in [0.05, 0.1) is 28.4 Å². The van der Waals surface area contributed by atoms with Gasteiger partial charge < -0.3 is 18.9 Å². The molecule has 0 saturated carbocycles. The molecule has 0 aliphatic rings. The quantitative estimate of drug-likeness (QED) is 0.751. The Morgan fingerprint density at radius 1 is 1.00 bits per heavy atom. The number of hydrogen-bond donors (Lipinski definition) is 0. The van der Waals surface area contributed by atoms with Crippen molar-refractivity contribution in [3.05, 3.63) is 17.2 Å². The average Bonchev–Trinajstić information content (AvgIpc) is 2.36. The minimum atomic E-state index is -0.472. The summed E-state index contributed by atoms with van der Waals surface area (Å²) in [6, 6.07) is 1.60. The molecule has 17 heavy (non-hydrogen) atoms. The molecule has 0 aromatic heterocycles. The van der Waals surface area contributed by atoms with Gasteiger partial charge in [0.1, 0.15) is 11.3 Å². The minimum Gasteiger partial charge on any atom is -0.496 e. The molecule has 1 aromatic rings. The van der Waals surface area contributed by atoms with Crippen LogP contribution in [0.25, 0.3) is 0 Å². The van der Waals surface area contributed by atoms with E-state index in [0.717, 1.165) is 0 Å². The normalized spacial score (nSPS) is 9.71. The van der Waals surface area contributed by atoms with E-state index < -0.39 is 5.97 Å². The summed E-state index contributed by atoms with van der Waals surface area (Å²) in [7, 11) is 5.83. The van der Waals surface area contributed by atoms with Crippen LogP contribution in [0.1, 0.15) is 15.9 Å². The monoisotopic (exact) mass is 240 g/mol. The average molecular weight is 240 g/mol. The zero-order chi connectivity index (χ0) is 13.0. The number of methoxy groups -OCH3 is 4. The summed E-state index contributed by atoms with van der Waals surface area (Å²) in [6.07, 6.45) is 0. The zero-order valence-corrected chi connectivity index (χ0v) is 10.6. The molecule has 94 valence electrons. The van der Waals surface area contributed by atoms with Crippen molar-refractivity contribution in [2.24, 2.45) is 0 Å². The van der Waals surface area contributed by atoms with E-state index in [4.69, 9.17) is 18.9 Å². The smallest absolute Gasteiger partial charge is 0.342 e. The summed E-state index contributed by atoms with van der Waals surface area (Å²) in [5.74, 6) is 0.926. The van der Waals surface area contributed by atoms with Gasteiger partial charge in [-0.05, 0) is 6.92 Å². The molecule has 0 bridgehead atoms. The summed E-state index contributed by atoms with van der Waals surface area (Å²) < 4.78 is 20.3. The lowest BCUT2D eigenvalue weighted by Gasteiger charge is -2.16. The maximum atomic E-state index is 11.7. The van der Waals surface area contributed by atoms with Crippen LogP contribution in [0.5, 0.6) is 17.2 Å². The van der Waals surface area contributed by atoms with Gasteiger partial charge in [0.2, 0.25) is 0 Å². The van der Waals surface area contributed by atoms with Gasteiger partial charge in [-0.15, -0.1) is 0 Å². The first-order valence-corrected chi connectivity index (χ1v) is 4.98. The summed E-state index contributed by atoms with van der Waals surface area (Å²) >= 11 is 0. The topological polar surface area (TPSA) is 54.0 Å². The van der Waals surface area contributed by atoms with E-state index in [-0.39, 0.29) is 0 Å². The van der Waals surface area contributed by atoms with Gasteiger partial charge in [-0.25, -0.2) is 4.79 Å². The molecule has 0 radical (unpaired) electrons. The van der Waals surface area contributed by atoms with Gasteiger partial charge in [-0.2, -0.15) is 0 Å². The van der Waals surface area contributed by atoms with Crippen molar-refractivity contribution in [1.29, 1.82) is 0 Å². The fourth-order valence-electron chi connectivity index (χ4n) is 1.66. The van der Waals surface area contributed by atoms with Crippen molar-refractivity contribution >= 4 is 5.97 Å². The molecule has 0 N–H and O–H groups in total. The molecule has 5 heteroatoms. The van der Waals surface area contributed by atoms with E-state index in [9.17, 15) is 4.79 Å². The molecule has 0 fully saturated rings. The molecule has 0 saturated heterocycles. The van der Waals surface area contributed by atoms with Gasteiger partial charge in [0.25, 0.3) is 0 Å². The Bertz CT molecular complexity index is 425. The van der Waals surface area contributed by atoms with Crippen LogP contribution in [-0.4, -0.2) is 34.4 Å². The SMILES string of the molecule is COC(=O)c1c(OC)cc(OC)c(OC)c1C. The highest BCUT2D eigenvalue weighted by Gasteiger charge is 2.22. The van der Waals surface area contributed by atoms with Crippen LogP contribution in [0.15, 0.2) is 6.07 Å². The second-order valence-corrected chi connectivity index (χ2v) is 3.31. The van der Waals surface area contributed by atoms with E-state index in [2.05, 4.69) is 0 Å². The molecule has 0 heterocycles. The first-order valence-electron chi connectivity index (χ1n) is 4.98. The standard InChI is InChI=1S/C12H16O5/c1-7-10(12(13)17-5)8(14-2)6-9(15-3)11(7)16-4/h6H,1-5H3. The van der Waals surface area contributed by atoms with Crippen LogP contribution in [0, 0.1) is 6.92 Å². The summed E-state index contributed by atoms with van der Waals surface area (Å²) in [6.45, 7) is 1.75. The molecule has 0 atom stereocenters. The number of ether oxygens (including phenoxy) is 4. The lowest BCUT2D eigenvalue weighted by molar-refractivity contribution is 0.0595. The van der Waals surface area contributed by atoms with Gasteiger partial charge >= 0.3 is 5.97 Å². The second-order valence-electron chi connectivity index (χ2n) is 3.31. The van der Waals surface area contributed by atoms with Gasteiger partial charge in [0, 0.05) is 11.6 Å². The fraction of sp³-hybridized carbons (Fsp3) is 0.417. The predicted molar refractivity (Wildman–Crippen MR) is 62.2 cm³/mol. The molecule has 1 aromatic carbocycles. The molecular formula is C12H16O5. The van der Waals surface area contributed by atoms with Crippen LogP contribution >= 0.6 is 0 Å². The Morgan fingerprint density at radius 3 is 2.00 bits per heavy atom. The van der Waals surface area contributed by atoms with Crippen molar-refractivity contribution in [1.82, 2.24) is 0 Å². The summed E-state index contributed by atoms with van der Waals surface area (Å²) in [5, 5.41) is 0. The first kappa shape index (κ1) is 13.2. The summed E-state index contributed by atoms with van der Waals surface area (Å²) in [5.41, 5.74) is 0.961. The molecule has 0 unspecified atom stereocenters. The van der Waals surface area contributed by atoms with Crippen LogP contribution in [-0.2, 0) is 4.74 Å². The number of hydrogen-bond acceptors (Lipinski definition) is 5. The van der Waals surface area contributed by atoms with Crippen molar-refractivity contribution in [3.63, 3.8) is 0 Å². The molecule has 5 nitrogen and oxygen atoms in total. The van der Waals surface area contributed by atoms with Crippen LogP contribution in [0.4, 0.5) is 0 Å². The Kier molecular flexibility index (Phi) is 4.20. The highest BCUT2D eigenvalue weighted by atomic mass is 16.5. The second kappa shape index (κ2) is 5.43. The van der Waals surface area contributed by atoms with Gasteiger partial charge in [0.15, 0.2) is 11.5 Å². The molecular weight excluding hydrogens is 224 g/mol. The van der Waals surface area contributed by atoms with Crippen molar-refractivity contribution in [3.8, 4) is 17.2 Å². The van der Waals surface area contributed by atoms with Crippen molar-refractivity contribution < 1.29 is 23.7 Å². The first-order chi connectivity index (χ1) is 8.10. The number of carbonyl (C=O) groups is 1. The lowest BCUT2D eigenvalue weighted by atomic mass is 10.1. The number of carbonyl (C=O) groups excluding carboxylic acids is 1. The Hall–Kier alpha value is -1.91. The fourth-order valence-corrected chi connectivity index (χ4v) is 1.66. The molecule has 0 amide bonds. The number of esters is 1. The van der Waals surface area contributed by atoms with Gasteiger partial charge in [-0.3, -0.25) is 0 Å². The third-order valence-electron chi connectivity index (χ3n) is 2.48. The maximum Gasteiger partial charge on any atom is 0.342 e. The molecule has 1 rings (SSSR count). The predicted octanol–water partition coefficient (Wildman–Crippen LogP) is 1.81. The molecule has 0 spiro atoms. The van der Waals surface area contributed by atoms with E-state index >= 15 is 0 Å². The van der Waals surface area contributed by atoms with Gasteiger partial charge in [-0.1, -0.05) is 0 Å². The van der Waals surface area contributed by atoms with Crippen molar-refractivity contribution in [2.75, 3.05) is 28.4 Å². The number of benzene rings is 1. The zero-order valence-electron chi connectivity index (χ0n) is 10.6. The highest BCUT2D eigenvalue weighted by molar-refractivity contribution is 5.95. The highest BCUT2D eigenvalue weighted by Crippen LogP contribution is 2.39. The summed E-state index contributed by atoms with van der Waals surface area (Å²) in [4.78, 5) is 11.7. The van der Waals surface area contributed by atoms with Crippen molar-refractivity contribution in [2.45, 2.75) is 6.92 Å². The van der Waals surface area contributed by atoms with Crippen LogP contribution < -0.4 is 14.2 Å². The largest absolute Gasteiger partial charge is 0.496 e. The van der Waals surface area contributed by atoms with Crippen LogP contribution in [0.2, 0.25) is 0 Å². The van der Waals surface area contributed by atoms with E-state index in [0.29, 0.717) is 28.4 Å². The Morgan fingerprint density at radius 2 is 1.59 bits per heavy atom. The Labute approximate surface area is 100 Å². The third-order valence-corrected chi connectivity index (χ3v) is 2.48. The molecule has 0 aliphatic carbocycles. The maximum absolute atomic E-state index is 11.7. The minimum absolute atomic E-state index is 0.340. The molecule has 0 aliphatic heterocycles. The van der Waals surface area contributed by atoms with E-state index in [1.54, 1.807) is 13.0 Å². The lowest BCUT2D eigenvalue weighted by Crippen LogP contribution is -2.08. The van der Waals surface area contributed by atoms with E-state index in [1.165, 1.54) is 28.4 Å². The Balaban J connectivity index is 3.52. The van der Waals surface area contributed by atoms with Crippen LogP contribution in [0.3, 0.4) is 0 Å². The number of rotatable bonds is 4. The third kappa shape index (κ3) is 2.27.